The van der Waals surface area contributed by atoms with E-state index in [1.165, 1.54) is 7.05 Å². The van der Waals surface area contributed by atoms with E-state index in [1.807, 2.05) is 0 Å². The molecular formula is C7H14N2O3. The summed E-state index contributed by atoms with van der Waals surface area (Å²) in [7, 11) is 1.49. The fourth-order valence-corrected chi connectivity index (χ4v) is 0.638. The molecule has 0 aliphatic rings. The highest BCUT2D eigenvalue weighted by Crippen LogP contribution is 1.94. The van der Waals surface area contributed by atoms with Gasteiger partial charge < -0.3 is 15.8 Å². The Balaban J connectivity index is 3.11. The summed E-state index contributed by atoms with van der Waals surface area (Å²) in [5.41, 5.74) is 4.90. The average Bonchev–Trinajstić information content (AvgIpc) is 2.03. The third-order valence-corrected chi connectivity index (χ3v) is 1.25. The Bertz CT molecular complexity index is 159. The van der Waals surface area contributed by atoms with Gasteiger partial charge in [-0.1, -0.05) is 0 Å². The molecule has 0 rings (SSSR count). The lowest BCUT2D eigenvalue weighted by molar-refractivity contribution is -0.118. The fourth-order valence-electron chi connectivity index (χ4n) is 0.638. The molecule has 0 aliphatic carbocycles. The third-order valence-electron chi connectivity index (χ3n) is 1.25. The van der Waals surface area contributed by atoms with Crippen molar-refractivity contribution in [3.05, 3.63) is 0 Å². The molecule has 0 aromatic carbocycles. The van der Waals surface area contributed by atoms with Crippen molar-refractivity contribution in [2.24, 2.45) is 5.73 Å². The molecule has 0 saturated heterocycles. The van der Waals surface area contributed by atoms with Gasteiger partial charge in [0.1, 0.15) is 0 Å². The summed E-state index contributed by atoms with van der Waals surface area (Å²) in [4.78, 5) is 20.7. The van der Waals surface area contributed by atoms with Crippen LogP contribution in [0.1, 0.15) is 19.3 Å². The zero-order chi connectivity index (χ0) is 9.40. The van der Waals surface area contributed by atoms with E-state index in [9.17, 15) is 9.59 Å². The Morgan fingerprint density at radius 1 is 1.42 bits per heavy atom. The van der Waals surface area contributed by atoms with Crippen LogP contribution in [-0.4, -0.2) is 25.7 Å². The maximum Gasteiger partial charge on any atom is 0.406 e. The molecule has 3 N–H and O–H groups in total. The van der Waals surface area contributed by atoms with E-state index in [0.717, 1.165) is 0 Å². The van der Waals surface area contributed by atoms with Crippen molar-refractivity contribution in [1.82, 2.24) is 5.32 Å². The summed E-state index contributed by atoms with van der Waals surface area (Å²) < 4.78 is 4.67. The lowest BCUT2D eigenvalue weighted by Crippen LogP contribution is -2.19. The number of ether oxygens (including phenoxy) is 1. The van der Waals surface area contributed by atoms with Crippen LogP contribution in [0.4, 0.5) is 4.79 Å². The minimum Gasteiger partial charge on any atom is -0.450 e. The molecule has 0 radical (unpaired) electrons. The number of amides is 2. The molecule has 0 fully saturated rings. The van der Waals surface area contributed by atoms with Crippen LogP contribution in [0.3, 0.4) is 0 Å². The second-order valence-corrected chi connectivity index (χ2v) is 2.31. The lowest BCUT2D eigenvalue weighted by atomic mass is 10.2. The van der Waals surface area contributed by atoms with Crippen LogP contribution in [0.15, 0.2) is 0 Å². The first-order valence-corrected chi connectivity index (χ1v) is 3.79. The summed E-state index contributed by atoms with van der Waals surface area (Å²) in [6.45, 7) is 0.326. The Hall–Kier alpha value is -1.26. The quantitative estimate of drug-likeness (QED) is 0.575. The molecule has 0 aromatic rings. The molecule has 2 amide bonds. The minimum absolute atomic E-state index is 0.324. The van der Waals surface area contributed by atoms with E-state index in [0.29, 0.717) is 25.9 Å². The number of hydrogen-bond donors (Lipinski definition) is 2. The van der Waals surface area contributed by atoms with Crippen molar-refractivity contribution >= 4 is 12.0 Å². The minimum atomic E-state index is -0.450. The van der Waals surface area contributed by atoms with Crippen molar-refractivity contribution in [2.45, 2.75) is 19.3 Å². The van der Waals surface area contributed by atoms with E-state index >= 15 is 0 Å². The Labute approximate surface area is 71.3 Å². The molecule has 0 heterocycles. The number of unbranched alkanes of at least 4 members (excludes halogenated alkanes) is 1. The third kappa shape index (κ3) is 6.85. The van der Waals surface area contributed by atoms with Crippen LogP contribution in [-0.2, 0) is 9.53 Å². The second kappa shape index (κ2) is 6.45. The zero-order valence-electron chi connectivity index (χ0n) is 7.13. The van der Waals surface area contributed by atoms with E-state index in [4.69, 9.17) is 5.73 Å². The van der Waals surface area contributed by atoms with Gasteiger partial charge in [-0.15, -0.1) is 0 Å². The molecule has 12 heavy (non-hydrogen) atoms. The molecular weight excluding hydrogens is 160 g/mol. The molecule has 5 heteroatoms. The van der Waals surface area contributed by atoms with Crippen LogP contribution in [0.2, 0.25) is 0 Å². The standard InChI is InChI=1S/C7H14N2O3/c1-9-7(11)12-5-3-2-4-6(8)10/h2-5H2,1H3,(H2,8,10)(H,9,11). The molecule has 0 atom stereocenters. The topological polar surface area (TPSA) is 81.4 Å². The number of rotatable bonds is 5. The summed E-state index contributed by atoms with van der Waals surface area (Å²) in [6.07, 6.45) is 1.22. The van der Waals surface area contributed by atoms with Gasteiger partial charge in [-0.05, 0) is 12.8 Å². The summed E-state index contributed by atoms with van der Waals surface area (Å²) in [6, 6.07) is 0. The van der Waals surface area contributed by atoms with Gasteiger partial charge in [0.15, 0.2) is 0 Å². The number of nitrogens with two attached hydrogens (primary N) is 1. The fraction of sp³-hybridized carbons (Fsp3) is 0.714. The van der Waals surface area contributed by atoms with Gasteiger partial charge in [0.25, 0.3) is 0 Å². The van der Waals surface area contributed by atoms with Crippen LogP contribution in [0, 0.1) is 0 Å². The van der Waals surface area contributed by atoms with Crippen molar-refractivity contribution < 1.29 is 14.3 Å². The molecule has 0 unspecified atom stereocenters. The zero-order valence-corrected chi connectivity index (χ0v) is 7.13. The van der Waals surface area contributed by atoms with Gasteiger partial charge in [0.05, 0.1) is 6.61 Å². The smallest absolute Gasteiger partial charge is 0.406 e. The average molecular weight is 174 g/mol. The van der Waals surface area contributed by atoms with Gasteiger partial charge >= 0.3 is 6.09 Å². The molecule has 5 nitrogen and oxygen atoms in total. The van der Waals surface area contributed by atoms with E-state index in [2.05, 4.69) is 10.1 Å². The summed E-state index contributed by atoms with van der Waals surface area (Å²) in [5.74, 6) is -0.324. The highest BCUT2D eigenvalue weighted by Gasteiger charge is 1.97. The van der Waals surface area contributed by atoms with Gasteiger partial charge in [0.2, 0.25) is 5.91 Å². The Morgan fingerprint density at radius 3 is 2.58 bits per heavy atom. The highest BCUT2D eigenvalue weighted by atomic mass is 16.5. The largest absolute Gasteiger partial charge is 0.450 e. The second-order valence-electron chi connectivity index (χ2n) is 2.31. The highest BCUT2D eigenvalue weighted by molar-refractivity contribution is 5.73. The maximum absolute atomic E-state index is 10.5. The summed E-state index contributed by atoms with van der Waals surface area (Å²) >= 11 is 0. The number of nitrogens with one attached hydrogen (secondary N) is 1. The van der Waals surface area contributed by atoms with Crippen LogP contribution >= 0.6 is 0 Å². The van der Waals surface area contributed by atoms with Crippen molar-refractivity contribution in [3.8, 4) is 0 Å². The van der Waals surface area contributed by atoms with E-state index < -0.39 is 6.09 Å². The molecule has 0 bridgehead atoms. The van der Waals surface area contributed by atoms with E-state index in [-0.39, 0.29) is 5.91 Å². The Morgan fingerprint density at radius 2 is 2.08 bits per heavy atom. The number of primary amides is 1. The predicted octanol–water partition coefficient (Wildman–Crippen LogP) is -0.00200. The predicted molar refractivity (Wildman–Crippen MR) is 43.5 cm³/mol. The first kappa shape index (κ1) is 10.7. The van der Waals surface area contributed by atoms with Crippen LogP contribution < -0.4 is 11.1 Å². The van der Waals surface area contributed by atoms with E-state index in [1.54, 1.807) is 0 Å². The molecule has 0 saturated carbocycles. The number of alkyl carbamates (subject to hydrolysis) is 1. The molecule has 0 spiro atoms. The Kier molecular flexibility index (Phi) is 5.77. The van der Waals surface area contributed by atoms with Crippen molar-refractivity contribution in [2.75, 3.05) is 13.7 Å². The van der Waals surface area contributed by atoms with Crippen molar-refractivity contribution in [1.29, 1.82) is 0 Å². The van der Waals surface area contributed by atoms with Gasteiger partial charge in [0, 0.05) is 13.5 Å². The first-order valence-electron chi connectivity index (χ1n) is 3.79. The number of carbonyl (C=O) groups is 2. The normalized spacial score (nSPS) is 9.08. The lowest BCUT2D eigenvalue weighted by Gasteiger charge is -2.01. The van der Waals surface area contributed by atoms with Crippen molar-refractivity contribution in [3.63, 3.8) is 0 Å². The van der Waals surface area contributed by atoms with Gasteiger partial charge in [-0.2, -0.15) is 0 Å². The molecule has 0 aromatic heterocycles. The maximum atomic E-state index is 10.5. The van der Waals surface area contributed by atoms with Crippen LogP contribution in [0.25, 0.3) is 0 Å². The summed E-state index contributed by atoms with van der Waals surface area (Å²) in [5, 5.41) is 2.31. The molecule has 70 valence electrons. The SMILES string of the molecule is CNC(=O)OCCCCC(N)=O. The monoisotopic (exact) mass is 174 g/mol. The number of carbonyl (C=O) groups excluding carboxylic acids is 2. The van der Waals surface area contributed by atoms with Gasteiger partial charge in [-0.3, -0.25) is 4.79 Å². The number of hydrogen-bond acceptors (Lipinski definition) is 3. The van der Waals surface area contributed by atoms with Crippen LogP contribution in [0.5, 0.6) is 0 Å². The first-order chi connectivity index (χ1) is 5.66. The molecule has 0 aliphatic heterocycles. The van der Waals surface area contributed by atoms with Gasteiger partial charge in [-0.25, -0.2) is 4.79 Å².